The average Bonchev–Trinajstić information content (AvgIpc) is 2.13. The predicted octanol–water partition coefficient (Wildman–Crippen LogP) is 0.765. The fraction of sp³-hybridized carbons (Fsp3) is 0.600. The third-order valence-corrected chi connectivity index (χ3v) is 1.66. The summed E-state index contributed by atoms with van der Waals surface area (Å²) < 4.78 is 0. The van der Waals surface area contributed by atoms with E-state index in [1.807, 2.05) is 6.92 Å². The third kappa shape index (κ3) is 4.49. The minimum absolute atomic E-state index is 0.220. The van der Waals surface area contributed by atoms with Gasteiger partial charge in [-0.2, -0.15) is 5.26 Å². The smallest absolute Gasteiger partial charge is 0.323 e. The van der Waals surface area contributed by atoms with Crippen LogP contribution in [-0.4, -0.2) is 22.3 Å². The van der Waals surface area contributed by atoms with Gasteiger partial charge >= 0.3 is 5.97 Å². The molecule has 0 aromatic rings. The van der Waals surface area contributed by atoms with Crippen molar-refractivity contribution in [1.82, 2.24) is 0 Å². The molecule has 0 aliphatic rings. The molecule has 0 bridgehead atoms. The fourth-order valence-electron chi connectivity index (χ4n) is 0.906. The number of hydrogen-bond donors (Lipinski definition) is 2. The van der Waals surface area contributed by atoms with E-state index >= 15 is 0 Å². The number of carbonyl (C=O) groups is 1. The van der Waals surface area contributed by atoms with E-state index in [0.29, 0.717) is 6.42 Å². The van der Waals surface area contributed by atoms with Crippen LogP contribution in [0.15, 0.2) is 0 Å². The van der Waals surface area contributed by atoms with Crippen LogP contribution in [-0.2, 0) is 4.79 Å². The highest BCUT2D eigenvalue weighted by Crippen LogP contribution is 2.08. The Morgan fingerprint density at radius 1 is 1.50 bits per heavy atom. The number of carboxylic acids is 1. The molecule has 0 heterocycles. The molecule has 4 heteroatoms. The molecule has 0 aromatic carbocycles. The number of nitriles is 1. The van der Waals surface area contributed by atoms with E-state index in [1.54, 1.807) is 6.07 Å². The average molecular weight is 195 g/mol. The molecule has 0 amide bonds. The molecule has 0 saturated carbocycles. The Labute approximate surface area is 83.2 Å². The van der Waals surface area contributed by atoms with Crippen LogP contribution in [0.25, 0.3) is 0 Å². The van der Waals surface area contributed by atoms with Crippen molar-refractivity contribution in [3.63, 3.8) is 0 Å². The lowest BCUT2D eigenvalue weighted by Gasteiger charge is -2.10. The van der Waals surface area contributed by atoms with Crippen LogP contribution < -0.4 is 0 Å². The second-order valence-corrected chi connectivity index (χ2v) is 2.76. The molecule has 0 saturated heterocycles. The largest absolute Gasteiger partial charge is 0.480 e. The highest BCUT2D eigenvalue weighted by molar-refractivity contribution is 5.73. The highest BCUT2D eigenvalue weighted by Gasteiger charge is 2.25. The molecule has 0 aromatic heterocycles. The molecule has 0 aliphatic carbocycles. The van der Waals surface area contributed by atoms with Crippen molar-refractivity contribution in [1.29, 1.82) is 5.26 Å². The second-order valence-electron chi connectivity index (χ2n) is 2.76. The van der Waals surface area contributed by atoms with Gasteiger partial charge in [-0.1, -0.05) is 6.92 Å². The molecular weight excluding hydrogens is 182 g/mol. The van der Waals surface area contributed by atoms with Gasteiger partial charge in [0.1, 0.15) is 0 Å². The lowest BCUT2D eigenvalue weighted by Crippen LogP contribution is -2.26. The molecule has 2 atom stereocenters. The van der Waals surface area contributed by atoms with Crippen LogP contribution in [0.3, 0.4) is 0 Å². The normalized spacial score (nSPS) is 13.2. The number of aliphatic hydroxyl groups is 1. The van der Waals surface area contributed by atoms with Gasteiger partial charge in [0.2, 0.25) is 0 Å². The maximum Gasteiger partial charge on any atom is 0.323 e. The van der Waals surface area contributed by atoms with Gasteiger partial charge in [-0.05, 0) is 6.42 Å². The number of hydrogen-bond acceptors (Lipinski definition) is 3. The van der Waals surface area contributed by atoms with E-state index < -0.39 is 18.0 Å². The molecule has 0 spiro atoms. The summed E-state index contributed by atoms with van der Waals surface area (Å²) in [7, 11) is 0. The third-order valence-electron chi connectivity index (χ3n) is 1.66. The Morgan fingerprint density at radius 2 is 2.14 bits per heavy atom. The lowest BCUT2D eigenvalue weighted by molar-refractivity contribution is -0.143. The van der Waals surface area contributed by atoms with E-state index in [-0.39, 0.29) is 6.42 Å². The van der Waals surface area contributed by atoms with Gasteiger partial charge < -0.3 is 10.2 Å². The van der Waals surface area contributed by atoms with Crippen molar-refractivity contribution in [2.24, 2.45) is 5.92 Å². The zero-order chi connectivity index (χ0) is 11.0. The van der Waals surface area contributed by atoms with Crippen LogP contribution in [0.2, 0.25) is 0 Å². The van der Waals surface area contributed by atoms with Crippen LogP contribution in [0.5, 0.6) is 0 Å². The Balaban J connectivity index is 4.00. The predicted molar refractivity (Wildman–Crippen MR) is 50.0 cm³/mol. The maximum atomic E-state index is 10.4. The monoisotopic (exact) mass is 195 g/mol. The Morgan fingerprint density at radius 3 is 2.57 bits per heavy atom. The maximum absolute atomic E-state index is 10.4. The van der Waals surface area contributed by atoms with E-state index in [4.69, 9.17) is 10.4 Å². The number of aliphatic hydroxyl groups excluding tert-OH is 1. The van der Waals surface area contributed by atoms with Crippen molar-refractivity contribution in [2.45, 2.75) is 32.3 Å². The topological polar surface area (TPSA) is 81.3 Å². The zero-order valence-electron chi connectivity index (χ0n) is 8.03. The Kier molecular flexibility index (Phi) is 6.19. The quantitative estimate of drug-likeness (QED) is 0.649. The van der Waals surface area contributed by atoms with Crippen LogP contribution in [0.4, 0.5) is 0 Å². The van der Waals surface area contributed by atoms with Crippen molar-refractivity contribution in [3.05, 3.63) is 0 Å². The first kappa shape index (κ1) is 12.5. The number of carboxylic acid groups (broad SMARTS) is 1. The first-order valence-electron chi connectivity index (χ1n) is 4.39. The molecule has 14 heavy (non-hydrogen) atoms. The number of aliphatic carboxylic acids is 1. The summed E-state index contributed by atoms with van der Waals surface area (Å²) >= 11 is 0. The van der Waals surface area contributed by atoms with Gasteiger partial charge in [0.05, 0.1) is 12.2 Å². The van der Waals surface area contributed by atoms with Crippen LogP contribution in [0, 0.1) is 29.1 Å². The highest BCUT2D eigenvalue weighted by atomic mass is 16.4. The molecule has 2 unspecified atom stereocenters. The Bertz CT molecular complexity index is 282. The first-order valence-corrected chi connectivity index (χ1v) is 4.39. The molecule has 0 aliphatic heterocycles. The van der Waals surface area contributed by atoms with Crippen molar-refractivity contribution in [3.8, 4) is 17.9 Å². The summed E-state index contributed by atoms with van der Waals surface area (Å²) in [6.45, 7) is 1.90. The van der Waals surface area contributed by atoms with Crippen LogP contribution >= 0.6 is 0 Å². The summed E-state index contributed by atoms with van der Waals surface area (Å²) in [6, 6.07) is 1.54. The number of nitrogens with zero attached hydrogens (tertiary/aromatic N) is 1. The summed E-state index contributed by atoms with van der Waals surface area (Å²) in [5.74, 6) is 2.93. The second kappa shape index (κ2) is 6.94. The van der Waals surface area contributed by atoms with Gasteiger partial charge in [-0.15, -0.1) is 11.8 Å². The van der Waals surface area contributed by atoms with Gasteiger partial charge in [0.15, 0.2) is 5.92 Å². The van der Waals surface area contributed by atoms with Crippen LogP contribution in [0.1, 0.15) is 26.2 Å². The van der Waals surface area contributed by atoms with E-state index in [2.05, 4.69) is 11.8 Å². The Hall–Kier alpha value is -1.52. The molecule has 0 radical (unpaired) electrons. The molecule has 4 nitrogen and oxygen atoms in total. The van der Waals surface area contributed by atoms with E-state index in [9.17, 15) is 9.90 Å². The molecule has 0 fully saturated rings. The fourth-order valence-corrected chi connectivity index (χ4v) is 0.906. The summed E-state index contributed by atoms with van der Waals surface area (Å²) in [4.78, 5) is 10.4. The number of rotatable bonds is 4. The van der Waals surface area contributed by atoms with Crippen molar-refractivity contribution < 1.29 is 15.0 Å². The van der Waals surface area contributed by atoms with Gasteiger partial charge in [-0.3, -0.25) is 4.79 Å². The molecular formula is C10H13NO3. The summed E-state index contributed by atoms with van der Waals surface area (Å²) in [5.41, 5.74) is 0. The standard InChI is InChI=1S/C10H13NO3/c1-2-3-4-5-6-9(12)8(7-11)10(13)14/h8-9,12H,2,5-6H2,1H3,(H,13,14). The van der Waals surface area contributed by atoms with Crippen molar-refractivity contribution in [2.75, 3.05) is 0 Å². The summed E-state index contributed by atoms with van der Waals surface area (Å²) in [6.07, 6.45) is 0.234. The van der Waals surface area contributed by atoms with Crippen molar-refractivity contribution >= 4 is 5.97 Å². The minimum atomic E-state index is -1.35. The first-order chi connectivity index (χ1) is 6.63. The van der Waals surface area contributed by atoms with E-state index in [1.165, 1.54) is 0 Å². The molecule has 2 N–H and O–H groups in total. The summed E-state index contributed by atoms with van der Waals surface area (Å²) in [5, 5.41) is 26.3. The minimum Gasteiger partial charge on any atom is -0.480 e. The molecule has 76 valence electrons. The van der Waals surface area contributed by atoms with Gasteiger partial charge in [0, 0.05) is 12.8 Å². The van der Waals surface area contributed by atoms with E-state index in [0.717, 1.165) is 6.42 Å². The van der Waals surface area contributed by atoms with Gasteiger partial charge in [0.25, 0.3) is 0 Å². The zero-order valence-corrected chi connectivity index (χ0v) is 8.03. The lowest BCUT2D eigenvalue weighted by atomic mass is 10.0. The molecule has 0 rings (SSSR count). The SMILES string of the molecule is CCC#CCCC(O)C(C#N)C(=O)O. The van der Waals surface area contributed by atoms with Gasteiger partial charge in [-0.25, -0.2) is 0 Å².